The first kappa shape index (κ1) is 19.1. The molecule has 0 unspecified atom stereocenters. The molecule has 0 aliphatic rings. The minimum Gasteiger partial charge on any atom is -0.495 e. The number of nitrogens with one attached hydrogen (secondary N) is 2. The quantitative estimate of drug-likeness (QED) is 0.616. The molecule has 2 N–H and O–H groups in total. The molecule has 3 aromatic rings. The van der Waals surface area contributed by atoms with Crippen molar-refractivity contribution in [1.29, 1.82) is 0 Å². The number of carbonyl (C=O) groups is 2. The van der Waals surface area contributed by atoms with Crippen LogP contribution in [0.2, 0.25) is 0 Å². The number of Topliss-reactive ketones (excluding diaryl/α,β-unsaturated/α-hetero) is 1. The van der Waals surface area contributed by atoms with Crippen LogP contribution in [0.25, 0.3) is 0 Å². The van der Waals surface area contributed by atoms with Crippen molar-refractivity contribution in [2.24, 2.45) is 0 Å². The second-order valence-corrected chi connectivity index (χ2v) is 6.35. The summed E-state index contributed by atoms with van der Waals surface area (Å²) in [4.78, 5) is 28.3. The smallest absolute Gasteiger partial charge is 0.257 e. The molecule has 0 radical (unpaired) electrons. The maximum atomic E-state index is 12.5. The van der Waals surface area contributed by atoms with E-state index >= 15 is 0 Å². The molecule has 3 rings (SSSR count). The van der Waals surface area contributed by atoms with E-state index in [1.807, 2.05) is 31.2 Å². The lowest BCUT2D eigenvalue weighted by Crippen LogP contribution is -2.13. The molecule has 1 aromatic heterocycles. The summed E-state index contributed by atoms with van der Waals surface area (Å²) in [5, 5.41) is 5.97. The predicted molar refractivity (Wildman–Crippen MR) is 110 cm³/mol. The summed E-state index contributed by atoms with van der Waals surface area (Å²) in [6, 6.07) is 16.1. The summed E-state index contributed by atoms with van der Waals surface area (Å²) in [6.07, 6.45) is 1.49. The van der Waals surface area contributed by atoms with E-state index in [1.165, 1.54) is 13.1 Å². The molecule has 0 aliphatic heterocycles. The third kappa shape index (κ3) is 4.54. The van der Waals surface area contributed by atoms with E-state index in [0.717, 1.165) is 11.3 Å². The SMILES string of the molecule is COc1ccc(C)cc1NC(=O)c1ccc(Nc2cccc(C(C)=O)c2)nc1. The molecule has 142 valence electrons. The second-order valence-electron chi connectivity index (χ2n) is 6.35. The number of carbonyl (C=O) groups excluding carboxylic acids is 2. The van der Waals surface area contributed by atoms with Gasteiger partial charge in [0.2, 0.25) is 0 Å². The average Bonchev–Trinajstić information content (AvgIpc) is 2.69. The number of aromatic nitrogens is 1. The number of methoxy groups -OCH3 is 1. The number of ether oxygens (including phenoxy) is 1. The number of ketones is 1. The summed E-state index contributed by atoms with van der Waals surface area (Å²) in [6.45, 7) is 3.46. The maximum absolute atomic E-state index is 12.5. The zero-order valence-electron chi connectivity index (χ0n) is 15.9. The van der Waals surface area contributed by atoms with Crippen molar-refractivity contribution in [2.45, 2.75) is 13.8 Å². The molecule has 0 aliphatic carbocycles. The zero-order chi connectivity index (χ0) is 20.1. The highest BCUT2D eigenvalue weighted by atomic mass is 16.5. The third-order valence-corrected chi connectivity index (χ3v) is 4.17. The average molecular weight is 375 g/mol. The molecular weight excluding hydrogens is 354 g/mol. The summed E-state index contributed by atoms with van der Waals surface area (Å²) >= 11 is 0. The first-order chi connectivity index (χ1) is 13.5. The lowest BCUT2D eigenvalue weighted by molar-refractivity contribution is 0.101. The Hall–Kier alpha value is -3.67. The fourth-order valence-electron chi connectivity index (χ4n) is 2.68. The number of anilines is 3. The van der Waals surface area contributed by atoms with Gasteiger partial charge in [0.1, 0.15) is 11.6 Å². The molecule has 6 nitrogen and oxygen atoms in total. The van der Waals surface area contributed by atoms with Crippen LogP contribution in [0.5, 0.6) is 5.75 Å². The summed E-state index contributed by atoms with van der Waals surface area (Å²) in [5.74, 6) is 0.887. The van der Waals surface area contributed by atoms with Crippen molar-refractivity contribution >= 4 is 28.9 Å². The van der Waals surface area contributed by atoms with Crippen molar-refractivity contribution in [3.05, 3.63) is 77.5 Å². The van der Waals surface area contributed by atoms with Crippen molar-refractivity contribution in [3.63, 3.8) is 0 Å². The van der Waals surface area contributed by atoms with Crippen molar-refractivity contribution in [1.82, 2.24) is 4.98 Å². The number of nitrogens with zero attached hydrogens (tertiary/aromatic N) is 1. The Morgan fingerprint density at radius 2 is 1.82 bits per heavy atom. The largest absolute Gasteiger partial charge is 0.495 e. The standard InChI is InChI=1S/C22H21N3O3/c1-14-7-9-20(28-3)19(11-14)25-22(27)17-8-10-21(23-13-17)24-18-6-4-5-16(12-18)15(2)26/h4-13H,1-3H3,(H,23,24)(H,25,27). The Balaban J connectivity index is 1.72. The molecular formula is C22H21N3O3. The number of pyridine rings is 1. The van der Waals surface area contributed by atoms with E-state index in [-0.39, 0.29) is 11.7 Å². The number of hydrogen-bond donors (Lipinski definition) is 2. The number of rotatable bonds is 6. The lowest BCUT2D eigenvalue weighted by atomic mass is 10.1. The van der Waals surface area contributed by atoms with E-state index < -0.39 is 0 Å². The molecule has 2 aromatic carbocycles. The summed E-state index contributed by atoms with van der Waals surface area (Å²) < 4.78 is 5.28. The van der Waals surface area contributed by atoms with Crippen LogP contribution < -0.4 is 15.4 Å². The number of aryl methyl sites for hydroxylation is 1. The predicted octanol–water partition coefficient (Wildman–Crippen LogP) is 4.60. The van der Waals surface area contributed by atoms with Gasteiger partial charge in [0.05, 0.1) is 18.4 Å². The number of amides is 1. The summed E-state index contributed by atoms with van der Waals surface area (Å²) in [7, 11) is 1.56. The molecule has 1 amide bonds. The monoisotopic (exact) mass is 375 g/mol. The molecule has 0 bridgehead atoms. The summed E-state index contributed by atoms with van der Waals surface area (Å²) in [5.41, 5.74) is 3.42. The molecule has 0 atom stereocenters. The molecule has 1 heterocycles. The van der Waals surface area contributed by atoms with E-state index in [4.69, 9.17) is 4.74 Å². The van der Waals surface area contributed by atoms with Gasteiger partial charge in [-0.2, -0.15) is 0 Å². The Morgan fingerprint density at radius 1 is 1.00 bits per heavy atom. The fraction of sp³-hybridized carbons (Fsp3) is 0.136. The van der Waals surface area contributed by atoms with Crippen LogP contribution in [0.1, 0.15) is 33.2 Å². The third-order valence-electron chi connectivity index (χ3n) is 4.17. The van der Waals surface area contributed by atoms with Gasteiger partial charge in [0.15, 0.2) is 5.78 Å². The highest BCUT2D eigenvalue weighted by Gasteiger charge is 2.11. The molecule has 6 heteroatoms. The van der Waals surface area contributed by atoms with Gasteiger partial charge in [-0.05, 0) is 55.8 Å². The number of hydrogen-bond acceptors (Lipinski definition) is 5. The first-order valence-corrected chi connectivity index (χ1v) is 8.76. The molecule has 0 saturated heterocycles. The molecule has 0 spiro atoms. The Labute approximate surface area is 163 Å². The second kappa shape index (κ2) is 8.35. The van der Waals surface area contributed by atoms with Crippen molar-refractivity contribution < 1.29 is 14.3 Å². The Kier molecular flexibility index (Phi) is 5.69. The zero-order valence-corrected chi connectivity index (χ0v) is 15.9. The van der Waals surface area contributed by atoms with E-state index in [0.29, 0.717) is 28.4 Å². The van der Waals surface area contributed by atoms with Crippen LogP contribution in [0.3, 0.4) is 0 Å². The Morgan fingerprint density at radius 3 is 2.50 bits per heavy atom. The van der Waals surface area contributed by atoms with Crippen LogP contribution in [-0.2, 0) is 0 Å². The van der Waals surface area contributed by atoms with Crippen LogP contribution in [0, 0.1) is 6.92 Å². The van der Waals surface area contributed by atoms with Crippen molar-refractivity contribution in [2.75, 3.05) is 17.7 Å². The van der Waals surface area contributed by atoms with E-state index in [9.17, 15) is 9.59 Å². The van der Waals surface area contributed by atoms with Gasteiger partial charge in [-0.3, -0.25) is 9.59 Å². The van der Waals surface area contributed by atoms with Gasteiger partial charge in [-0.1, -0.05) is 18.2 Å². The van der Waals surface area contributed by atoms with Crippen molar-refractivity contribution in [3.8, 4) is 5.75 Å². The van der Waals surface area contributed by atoms with Gasteiger partial charge in [0.25, 0.3) is 5.91 Å². The van der Waals surface area contributed by atoms with Crippen LogP contribution in [-0.4, -0.2) is 23.8 Å². The molecule has 0 saturated carbocycles. The van der Waals surface area contributed by atoms with Gasteiger partial charge in [0, 0.05) is 17.4 Å². The minimum absolute atomic E-state index is 0.00444. The topological polar surface area (TPSA) is 80.3 Å². The fourth-order valence-corrected chi connectivity index (χ4v) is 2.68. The van der Waals surface area contributed by atoms with E-state index in [2.05, 4.69) is 15.6 Å². The minimum atomic E-state index is -0.276. The first-order valence-electron chi connectivity index (χ1n) is 8.76. The normalized spacial score (nSPS) is 10.2. The lowest BCUT2D eigenvalue weighted by Gasteiger charge is -2.11. The van der Waals surface area contributed by atoms with Gasteiger partial charge < -0.3 is 15.4 Å². The van der Waals surface area contributed by atoms with Crippen LogP contribution in [0.4, 0.5) is 17.2 Å². The highest BCUT2D eigenvalue weighted by molar-refractivity contribution is 6.05. The van der Waals surface area contributed by atoms with Crippen LogP contribution >= 0.6 is 0 Å². The van der Waals surface area contributed by atoms with Gasteiger partial charge >= 0.3 is 0 Å². The van der Waals surface area contributed by atoms with Crippen LogP contribution in [0.15, 0.2) is 60.8 Å². The molecule has 28 heavy (non-hydrogen) atoms. The van der Waals surface area contributed by atoms with Gasteiger partial charge in [-0.15, -0.1) is 0 Å². The highest BCUT2D eigenvalue weighted by Crippen LogP contribution is 2.26. The van der Waals surface area contributed by atoms with E-state index in [1.54, 1.807) is 37.4 Å². The van der Waals surface area contributed by atoms with Gasteiger partial charge in [-0.25, -0.2) is 4.98 Å². The number of benzene rings is 2. The maximum Gasteiger partial charge on any atom is 0.257 e. The molecule has 0 fully saturated rings. The Bertz CT molecular complexity index is 1010.